The second kappa shape index (κ2) is 4.79. The summed E-state index contributed by atoms with van der Waals surface area (Å²) in [5.41, 5.74) is 0. The Kier molecular flexibility index (Phi) is 3.67. The quantitative estimate of drug-likeness (QED) is 0.549. The molecule has 0 fully saturated rings. The molecule has 13 heavy (non-hydrogen) atoms. The molecule has 1 aromatic rings. The Morgan fingerprint density at radius 3 is 2.00 bits per heavy atom. The number of benzene rings is 1. The van der Waals surface area contributed by atoms with E-state index in [1.807, 2.05) is 0 Å². The second-order valence-corrected chi connectivity index (χ2v) is 3.38. The van der Waals surface area contributed by atoms with E-state index < -0.39 is 11.1 Å². The molecule has 0 spiro atoms. The minimum atomic E-state index is -2.20. The molecule has 0 aromatic heterocycles. The van der Waals surface area contributed by atoms with E-state index >= 15 is 0 Å². The first-order chi connectivity index (χ1) is 6.20. The fourth-order valence-corrected chi connectivity index (χ4v) is 0.916. The lowest BCUT2D eigenvalue weighted by atomic mass is 10.3. The maximum atomic E-state index is 10.2. The highest BCUT2D eigenvalue weighted by molar-refractivity contribution is 7.79. The predicted molar refractivity (Wildman–Crippen MR) is 49.0 cm³/mol. The van der Waals surface area contributed by atoms with E-state index in [2.05, 4.69) is 12.2 Å². The average molecular weight is 197 g/mol. The van der Waals surface area contributed by atoms with E-state index in [1.54, 1.807) is 0 Å². The first kappa shape index (κ1) is 9.95. The van der Waals surface area contributed by atoms with Crippen molar-refractivity contribution >= 4 is 11.1 Å². The van der Waals surface area contributed by atoms with Crippen LogP contribution in [0.1, 0.15) is 6.42 Å². The molecule has 0 saturated carbocycles. The van der Waals surface area contributed by atoms with Gasteiger partial charge in [-0.2, -0.15) is 0 Å². The van der Waals surface area contributed by atoms with Gasteiger partial charge in [0.05, 0.1) is 0 Å². The molecule has 0 aliphatic heterocycles. The van der Waals surface area contributed by atoms with Crippen molar-refractivity contribution in [3.05, 3.63) is 36.4 Å². The Morgan fingerprint density at radius 2 is 1.69 bits per heavy atom. The van der Waals surface area contributed by atoms with Gasteiger partial charge in [-0.25, -0.2) is 0 Å². The highest BCUT2D eigenvalue weighted by atomic mass is 32.2. The Labute approximate surface area is 79.0 Å². The standard InChI is InChI=1S/C6H6O3S.C3H4/c7-5-1-3-6(4-2-5)10(8)9;1-2-3-1/h1-4,7H,(H,8,9);1-2H,3H2/p-1. The van der Waals surface area contributed by atoms with Crippen LogP contribution >= 0.6 is 0 Å². The lowest BCUT2D eigenvalue weighted by Gasteiger charge is -2.02. The van der Waals surface area contributed by atoms with Gasteiger partial charge >= 0.3 is 0 Å². The van der Waals surface area contributed by atoms with Crippen molar-refractivity contribution in [1.82, 2.24) is 0 Å². The highest BCUT2D eigenvalue weighted by Gasteiger charge is 1.90. The van der Waals surface area contributed by atoms with Crippen LogP contribution in [-0.2, 0) is 11.1 Å². The molecule has 0 saturated heterocycles. The fraction of sp³-hybridized carbons (Fsp3) is 0.111. The van der Waals surface area contributed by atoms with Crippen molar-refractivity contribution in [2.75, 3.05) is 0 Å². The Bertz CT molecular complexity index is 312. The van der Waals surface area contributed by atoms with Crippen LogP contribution in [-0.4, -0.2) is 13.9 Å². The van der Waals surface area contributed by atoms with Gasteiger partial charge < -0.3 is 9.66 Å². The van der Waals surface area contributed by atoms with Crippen LogP contribution in [0.15, 0.2) is 41.3 Å². The summed E-state index contributed by atoms with van der Waals surface area (Å²) in [7, 11) is 0. The minimum absolute atomic E-state index is 0.0641. The molecule has 1 atom stereocenters. The smallest absolute Gasteiger partial charge is 0.115 e. The van der Waals surface area contributed by atoms with E-state index in [0.717, 1.165) is 0 Å². The van der Waals surface area contributed by atoms with Gasteiger partial charge in [-0.05, 0) is 41.8 Å². The monoisotopic (exact) mass is 197 g/mol. The van der Waals surface area contributed by atoms with Crippen molar-refractivity contribution in [3.63, 3.8) is 0 Å². The molecule has 0 amide bonds. The molecule has 1 aliphatic rings. The van der Waals surface area contributed by atoms with Crippen LogP contribution in [0.25, 0.3) is 0 Å². The van der Waals surface area contributed by atoms with Crippen molar-refractivity contribution in [1.29, 1.82) is 0 Å². The first-order valence-corrected chi connectivity index (χ1v) is 4.81. The van der Waals surface area contributed by atoms with Crippen molar-refractivity contribution in [2.45, 2.75) is 11.3 Å². The second-order valence-electron chi connectivity index (χ2n) is 2.44. The molecule has 2 rings (SSSR count). The van der Waals surface area contributed by atoms with Crippen LogP contribution in [0.3, 0.4) is 0 Å². The number of hydrogen-bond donors (Lipinski definition) is 1. The molecular formula is C9H9O3S-. The van der Waals surface area contributed by atoms with Crippen molar-refractivity contribution in [2.24, 2.45) is 0 Å². The predicted octanol–water partition coefficient (Wildman–Crippen LogP) is 1.58. The van der Waals surface area contributed by atoms with Crippen molar-refractivity contribution < 1.29 is 13.9 Å². The third-order valence-corrected chi connectivity index (χ3v) is 1.92. The van der Waals surface area contributed by atoms with Gasteiger partial charge in [0.1, 0.15) is 5.75 Å². The molecule has 4 heteroatoms. The number of aromatic hydroxyl groups is 1. The molecule has 0 bridgehead atoms. The van der Waals surface area contributed by atoms with Crippen LogP contribution < -0.4 is 0 Å². The van der Waals surface area contributed by atoms with Gasteiger partial charge in [0.15, 0.2) is 0 Å². The molecule has 0 heterocycles. The van der Waals surface area contributed by atoms with Crippen LogP contribution in [0.5, 0.6) is 5.75 Å². The summed E-state index contributed by atoms with van der Waals surface area (Å²) in [4.78, 5) is 0.179. The SMILES string of the molecule is C1=CC1.O=S([O-])c1ccc(O)cc1. The lowest BCUT2D eigenvalue weighted by molar-refractivity contribution is 0.474. The highest BCUT2D eigenvalue weighted by Crippen LogP contribution is 2.11. The van der Waals surface area contributed by atoms with Gasteiger partial charge in [-0.15, -0.1) is 0 Å². The zero-order valence-corrected chi connectivity index (χ0v) is 7.66. The number of allylic oxidation sites excluding steroid dienone is 2. The number of hydrogen-bond acceptors (Lipinski definition) is 3. The summed E-state index contributed by atoms with van der Waals surface area (Å²) in [6, 6.07) is 5.31. The minimum Gasteiger partial charge on any atom is -0.768 e. The largest absolute Gasteiger partial charge is 0.768 e. The van der Waals surface area contributed by atoms with Crippen LogP contribution in [0.4, 0.5) is 0 Å². The summed E-state index contributed by atoms with van der Waals surface area (Å²) in [6.07, 6.45) is 5.50. The average Bonchev–Trinajstić information content (AvgIpc) is 2.90. The Hall–Kier alpha value is -1.13. The first-order valence-electron chi connectivity index (χ1n) is 3.73. The molecule has 1 unspecified atom stereocenters. The van der Waals surface area contributed by atoms with Gasteiger partial charge in [-0.3, -0.25) is 4.21 Å². The normalized spacial score (nSPS) is 14.2. The molecule has 3 nitrogen and oxygen atoms in total. The van der Waals surface area contributed by atoms with E-state index in [1.165, 1.54) is 30.7 Å². The van der Waals surface area contributed by atoms with E-state index in [-0.39, 0.29) is 10.6 Å². The summed E-state index contributed by atoms with van der Waals surface area (Å²) in [5, 5.41) is 8.74. The molecular weight excluding hydrogens is 188 g/mol. The summed E-state index contributed by atoms with van der Waals surface area (Å²) >= 11 is -2.20. The van der Waals surface area contributed by atoms with Gasteiger partial charge in [-0.1, -0.05) is 12.2 Å². The van der Waals surface area contributed by atoms with Gasteiger partial charge in [0, 0.05) is 4.90 Å². The van der Waals surface area contributed by atoms with E-state index in [4.69, 9.17) is 5.11 Å². The third-order valence-electron chi connectivity index (χ3n) is 1.26. The maximum absolute atomic E-state index is 10.2. The summed E-state index contributed by atoms with van der Waals surface area (Å²) < 4.78 is 20.5. The maximum Gasteiger partial charge on any atom is 0.115 e. The summed E-state index contributed by atoms with van der Waals surface area (Å²) in [6.45, 7) is 0. The van der Waals surface area contributed by atoms with Gasteiger partial charge in [0.2, 0.25) is 0 Å². The van der Waals surface area contributed by atoms with Crippen molar-refractivity contribution in [3.8, 4) is 5.75 Å². The fourth-order valence-electron chi connectivity index (χ4n) is 0.557. The Morgan fingerprint density at radius 1 is 1.23 bits per heavy atom. The number of phenols is 1. The van der Waals surface area contributed by atoms with Gasteiger partial charge in [0.25, 0.3) is 0 Å². The Balaban J connectivity index is 0.000000236. The zero-order valence-electron chi connectivity index (χ0n) is 6.84. The number of rotatable bonds is 1. The van der Waals surface area contributed by atoms with E-state index in [9.17, 15) is 8.76 Å². The van der Waals surface area contributed by atoms with E-state index in [0.29, 0.717) is 0 Å². The van der Waals surface area contributed by atoms with Crippen LogP contribution in [0.2, 0.25) is 0 Å². The number of phenolic OH excluding ortho intramolecular Hbond substituents is 1. The molecule has 1 N–H and O–H groups in total. The lowest BCUT2D eigenvalue weighted by Crippen LogP contribution is -1.86. The van der Waals surface area contributed by atoms with Crippen LogP contribution in [0, 0.1) is 0 Å². The third kappa shape index (κ3) is 4.45. The molecule has 1 aliphatic carbocycles. The molecule has 70 valence electrons. The topological polar surface area (TPSA) is 60.4 Å². The summed E-state index contributed by atoms with van der Waals surface area (Å²) in [5.74, 6) is 0.0641. The molecule has 1 aromatic carbocycles. The molecule has 0 radical (unpaired) electrons. The zero-order chi connectivity index (χ0) is 9.68.